The molecule has 0 spiro atoms. The third-order valence-corrected chi connectivity index (χ3v) is 2.92. The highest BCUT2D eigenvalue weighted by Gasteiger charge is 2.02. The summed E-state index contributed by atoms with van der Waals surface area (Å²) in [5.41, 5.74) is 8.34. The number of benzene rings is 2. The van der Waals surface area contributed by atoms with E-state index in [4.69, 9.17) is 5.73 Å². The molecule has 2 aromatic carbocycles. The topological polar surface area (TPSA) is 79.5 Å². The van der Waals surface area contributed by atoms with E-state index in [2.05, 4.69) is 15.6 Å². The maximum atomic E-state index is 11.4. The smallest absolute Gasteiger partial charge is 0.251 e. The van der Waals surface area contributed by atoms with Crippen molar-refractivity contribution < 1.29 is 4.79 Å². The molecule has 2 aromatic rings. The number of nitrogens with one attached hydrogen (secondary N) is 2. The standard InChI is InChI=1S/C16H18N4O.HI/c1-18-15(21)13-9-7-12(8-10-13)11-19-16(17)20-14-5-3-2-4-6-14;/h2-10H,11H2,1H3,(H,18,21)(H3,17,19,20);1H. The average molecular weight is 410 g/mol. The first-order valence-corrected chi connectivity index (χ1v) is 6.62. The number of anilines is 1. The Balaban J connectivity index is 0.00000242. The minimum absolute atomic E-state index is 0. The van der Waals surface area contributed by atoms with Gasteiger partial charge in [-0.05, 0) is 29.8 Å². The molecule has 0 heterocycles. The van der Waals surface area contributed by atoms with Gasteiger partial charge in [0.05, 0.1) is 6.54 Å². The number of carbonyl (C=O) groups excluding carboxylic acids is 1. The van der Waals surface area contributed by atoms with Crippen LogP contribution in [0.1, 0.15) is 15.9 Å². The van der Waals surface area contributed by atoms with Gasteiger partial charge in [0.25, 0.3) is 5.91 Å². The van der Waals surface area contributed by atoms with Gasteiger partial charge in [0, 0.05) is 18.3 Å². The second-order valence-corrected chi connectivity index (χ2v) is 4.47. The van der Waals surface area contributed by atoms with Crippen LogP contribution in [0.2, 0.25) is 0 Å². The largest absolute Gasteiger partial charge is 0.370 e. The van der Waals surface area contributed by atoms with Crippen molar-refractivity contribution in [2.75, 3.05) is 12.4 Å². The summed E-state index contributed by atoms with van der Waals surface area (Å²) in [6, 6.07) is 16.9. The molecule has 4 N–H and O–H groups in total. The van der Waals surface area contributed by atoms with Gasteiger partial charge in [-0.3, -0.25) is 4.79 Å². The highest BCUT2D eigenvalue weighted by Crippen LogP contribution is 2.07. The van der Waals surface area contributed by atoms with Crippen molar-refractivity contribution >= 4 is 41.5 Å². The summed E-state index contributed by atoms with van der Waals surface area (Å²) in [6.07, 6.45) is 0. The van der Waals surface area contributed by atoms with E-state index in [1.807, 2.05) is 42.5 Å². The fraction of sp³-hybridized carbons (Fsp3) is 0.125. The van der Waals surface area contributed by atoms with E-state index < -0.39 is 0 Å². The Bertz CT molecular complexity index is 626. The van der Waals surface area contributed by atoms with Crippen molar-refractivity contribution in [2.45, 2.75) is 6.54 Å². The van der Waals surface area contributed by atoms with Gasteiger partial charge in [0.15, 0.2) is 5.96 Å². The number of nitrogens with two attached hydrogens (primary N) is 1. The maximum Gasteiger partial charge on any atom is 0.251 e. The van der Waals surface area contributed by atoms with Gasteiger partial charge < -0.3 is 16.4 Å². The van der Waals surface area contributed by atoms with Gasteiger partial charge >= 0.3 is 0 Å². The molecule has 1 amide bonds. The van der Waals surface area contributed by atoms with E-state index in [1.165, 1.54) is 0 Å². The minimum Gasteiger partial charge on any atom is -0.370 e. The van der Waals surface area contributed by atoms with Gasteiger partial charge in [-0.15, -0.1) is 24.0 Å². The Labute approximate surface area is 147 Å². The second-order valence-electron chi connectivity index (χ2n) is 4.47. The molecule has 0 aliphatic rings. The number of hydrogen-bond donors (Lipinski definition) is 3. The van der Waals surface area contributed by atoms with Crippen molar-refractivity contribution in [1.29, 1.82) is 0 Å². The van der Waals surface area contributed by atoms with Crippen molar-refractivity contribution in [3.8, 4) is 0 Å². The maximum absolute atomic E-state index is 11.4. The van der Waals surface area contributed by atoms with Gasteiger partial charge in [-0.2, -0.15) is 0 Å². The third-order valence-electron chi connectivity index (χ3n) is 2.92. The number of amides is 1. The van der Waals surface area contributed by atoms with Crippen LogP contribution in [-0.4, -0.2) is 18.9 Å². The van der Waals surface area contributed by atoms with Crippen LogP contribution < -0.4 is 16.4 Å². The molecule has 0 atom stereocenters. The summed E-state index contributed by atoms with van der Waals surface area (Å²) in [5, 5.41) is 5.60. The Kier molecular flexibility index (Phi) is 7.38. The first-order valence-electron chi connectivity index (χ1n) is 6.62. The van der Waals surface area contributed by atoms with Crippen LogP contribution in [0.25, 0.3) is 0 Å². The van der Waals surface area contributed by atoms with Gasteiger partial charge in [-0.25, -0.2) is 4.99 Å². The first kappa shape index (κ1) is 18.0. The molecule has 0 saturated heterocycles. The van der Waals surface area contributed by atoms with Crippen LogP contribution in [0.5, 0.6) is 0 Å². The lowest BCUT2D eigenvalue weighted by atomic mass is 10.1. The Hall–Kier alpha value is -2.09. The van der Waals surface area contributed by atoms with E-state index in [1.54, 1.807) is 19.2 Å². The number of para-hydroxylation sites is 1. The molecular formula is C16H19IN4O. The monoisotopic (exact) mass is 410 g/mol. The number of guanidine groups is 1. The second kappa shape index (κ2) is 9.04. The van der Waals surface area contributed by atoms with Gasteiger partial charge in [-0.1, -0.05) is 30.3 Å². The van der Waals surface area contributed by atoms with Crippen LogP contribution in [0.4, 0.5) is 5.69 Å². The molecule has 0 saturated carbocycles. The molecule has 0 fully saturated rings. The van der Waals surface area contributed by atoms with E-state index in [-0.39, 0.29) is 29.9 Å². The number of rotatable bonds is 4. The lowest BCUT2D eigenvalue weighted by molar-refractivity contribution is 0.0963. The number of hydrogen-bond acceptors (Lipinski definition) is 2. The molecule has 2 rings (SSSR count). The molecule has 0 aromatic heterocycles. The SMILES string of the molecule is CNC(=O)c1ccc(CN=C(N)Nc2ccccc2)cc1.I. The van der Waals surface area contributed by atoms with Crippen molar-refractivity contribution in [3.05, 3.63) is 65.7 Å². The van der Waals surface area contributed by atoms with E-state index >= 15 is 0 Å². The number of nitrogens with zero attached hydrogens (tertiary/aromatic N) is 1. The number of carbonyl (C=O) groups is 1. The van der Waals surface area contributed by atoms with Crippen molar-refractivity contribution in [2.24, 2.45) is 10.7 Å². The number of halogens is 1. The van der Waals surface area contributed by atoms with Crippen molar-refractivity contribution in [1.82, 2.24) is 5.32 Å². The minimum atomic E-state index is -0.102. The molecular weight excluding hydrogens is 391 g/mol. The molecule has 0 radical (unpaired) electrons. The summed E-state index contributed by atoms with van der Waals surface area (Å²) in [7, 11) is 1.61. The molecule has 0 aliphatic heterocycles. The van der Waals surface area contributed by atoms with Crippen LogP contribution >= 0.6 is 24.0 Å². The molecule has 5 nitrogen and oxygen atoms in total. The molecule has 6 heteroatoms. The Morgan fingerprint density at radius 1 is 1.09 bits per heavy atom. The lowest BCUT2D eigenvalue weighted by Gasteiger charge is -2.05. The summed E-state index contributed by atoms with van der Waals surface area (Å²) < 4.78 is 0. The Morgan fingerprint density at radius 3 is 2.32 bits per heavy atom. The Morgan fingerprint density at radius 2 is 1.73 bits per heavy atom. The molecule has 22 heavy (non-hydrogen) atoms. The average Bonchev–Trinajstić information content (AvgIpc) is 2.53. The van der Waals surface area contributed by atoms with Crippen LogP contribution in [0.3, 0.4) is 0 Å². The van der Waals surface area contributed by atoms with E-state index in [9.17, 15) is 4.79 Å². The van der Waals surface area contributed by atoms with Crippen molar-refractivity contribution in [3.63, 3.8) is 0 Å². The zero-order valence-electron chi connectivity index (χ0n) is 12.2. The van der Waals surface area contributed by atoms with E-state index in [0.717, 1.165) is 11.3 Å². The summed E-state index contributed by atoms with van der Waals surface area (Å²) >= 11 is 0. The molecule has 0 aliphatic carbocycles. The predicted molar refractivity (Wildman–Crippen MR) is 101 cm³/mol. The van der Waals surface area contributed by atoms with Gasteiger partial charge in [0.2, 0.25) is 0 Å². The fourth-order valence-corrected chi connectivity index (χ4v) is 1.79. The van der Waals surface area contributed by atoms with E-state index in [0.29, 0.717) is 18.1 Å². The van der Waals surface area contributed by atoms with Gasteiger partial charge in [0.1, 0.15) is 0 Å². The summed E-state index contributed by atoms with van der Waals surface area (Å²) in [6.45, 7) is 0.458. The zero-order valence-corrected chi connectivity index (χ0v) is 14.6. The molecule has 0 bridgehead atoms. The quantitative estimate of drug-likeness (QED) is 0.412. The predicted octanol–water partition coefficient (Wildman–Crippen LogP) is 2.59. The molecule has 0 unspecified atom stereocenters. The van der Waals surface area contributed by atoms with Crippen LogP contribution in [-0.2, 0) is 6.54 Å². The zero-order chi connectivity index (χ0) is 15.1. The molecule has 116 valence electrons. The first-order chi connectivity index (χ1) is 10.2. The third kappa shape index (κ3) is 5.36. The highest BCUT2D eigenvalue weighted by atomic mass is 127. The summed E-state index contributed by atoms with van der Waals surface area (Å²) in [4.78, 5) is 15.7. The van der Waals surface area contributed by atoms with Crippen LogP contribution in [0, 0.1) is 0 Å². The fourth-order valence-electron chi connectivity index (χ4n) is 1.79. The summed E-state index contributed by atoms with van der Waals surface area (Å²) in [5.74, 6) is 0.256. The lowest BCUT2D eigenvalue weighted by Crippen LogP contribution is -2.22. The highest BCUT2D eigenvalue weighted by molar-refractivity contribution is 14.0. The number of aliphatic imine (C=N–C) groups is 1. The van der Waals surface area contributed by atoms with Crippen LogP contribution in [0.15, 0.2) is 59.6 Å². The normalized spacial score (nSPS) is 10.5.